The van der Waals surface area contributed by atoms with Crippen LogP contribution in [0.2, 0.25) is 0 Å². The summed E-state index contributed by atoms with van der Waals surface area (Å²) in [5.41, 5.74) is 6.29. The molecule has 1 atom stereocenters. The molecule has 0 bridgehead atoms. The van der Waals surface area contributed by atoms with Crippen LogP contribution in [-0.2, 0) is 24.2 Å². The van der Waals surface area contributed by atoms with Crippen molar-refractivity contribution in [3.05, 3.63) is 101 Å². The molecule has 8 nitrogen and oxygen atoms in total. The van der Waals surface area contributed by atoms with E-state index >= 15 is 0 Å². The van der Waals surface area contributed by atoms with Crippen LogP contribution in [0.15, 0.2) is 83.4 Å². The van der Waals surface area contributed by atoms with E-state index in [1.807, 2.05) is 24.3 Å². The third-order valence-electron chi connectivity index (χ3n) is 8.10. The van der Waals surface area contributed by atoms with Crippen molar-refractivity contribution in [2.24, 2.45) is 10.9 Å². The molecule has 43 heavy (non-hydrogen) atoms. The number of nitrogens with zero attached hydrogens (tertiary/aromatic N) is 2. The fraction of sp³-hybridized carbons (Fsp3) is 0.265. The zero-order valence-corrected chi connectivity index (χ0v) is 25.2. The summed E-state index contributed by atoms with van der Waals surface area (Å²) in [6.07, 6.45) is 7.11. The van der Waals surface area contributed by atoms with Crippen LogP contribution in [0.3, 0.4) is 0 Å². The Morgan fingerprint density at radius 2 is 1.70 bits per heavy atom. The number of nitrogens with one attached hydrogen (secondary N) is 1. The molecule has 1 unspecified atom stereocenters. The van der Waals surface area contributed by atoms with Gasteiger partial charge in [0, 0.05) is 30.9 Å². The number of rotatable bonds is 8. The van der Waals surface area contributed by atoms with Crippen LogP contribution < -0.4 is 19.5 Å². The second-order valence-electron chi connectivity index (χ2n) is 10.6. The minimum Gasteiger partial charge on any atom is -0.494 e. The van der Waals surface area contributed by atoms with Crippen molar-refractivity contribution in [1.29, 1.82) is 0 Å². The van der Waals surface area contributed by atoms with Crippen molar-refractivity contribution in [2.75, 3.05) is 39.7 Å². The number of anilines is 1. The topological polar surface area (TPSA) is 89.5 Å². The molecule has 0 saturated carbocycles. The first-order valence-electron chi connectivity index (χ1n) is 14.0. The van der Waals surface area contributed by atoms with E-state index in [1.54, 1.807) is 57.8 Å². The lowest BCUT2D eigenvalue weighted by molar-refractivity contribution is -0.117. The quantitative estimate of drug-likeness (QED) is 0.354. The summed E-state index contributed by atoms with van der Waals surface area (Å²) in [5.74, 6) is 0.958. The molecule has 0 saturated heterocycles. The Balaban J connectivity index is 0.00000368. The number of allylic oxidation sites excluding steroid dienone is 3. The van der Waals surface area contributed by atoms with Crippen LogP contribution in [0.4, 0.5) is 11.4 Å². The Hall–Kier alpha value is -4.40. The normalized spacial score (nSPS) is 16.9. The van der Waals surface area contributed by atoms with Crippen molar-refractivity contribution in [3.8, 4) is 17.2 Å². The molecule has 3 aliphatic rings. The molecule has 6 rings (SSSR count). The van der Waals surface area contributed by atoms with E-state index in [4.69, 9.17) is 19.2 Å². The summed E-state index contributed by atoms with van der Waals surface area (Å²) in [4.78, 5) is 33.7. The highest BCUT2D eigenvalue weighted by Crippen LogP contribution is 2.39. The third-order valence-corrected chi connectivity index (χ3v) is 8.10. The maximum absolute atomic E-state index is 13.4. The maximum atomic E-state index is 13.4. The summed E-state index contributed by atoms with van der Waals surface area (Å²) in [5, 5.41) is 3.00. The van der Waals surface area contributed by atoms with Crippen LogP contribution >= 0.6 is 12.4 Å². The smallest absolute Gasteiger partial charge is 0.237 e. The lowest BCUT2D eigenvalue weighted by Gasteiger charge is -2.29. The number of halogens is 1. The van der Waals surface area contributed by atoms with Crippen LogP contribution in [0, 0.1) is 5.92 Å². The summed E-state index contributed by atoms with van der Waals surface area (Å²) in [7, 11) is 4.88. The number of fused-ring (bicyclic) bond motifs is 3. The molecule has 1 amide bonds. The lowest BCUT2D eigenvalue weighted by Crippen LogP contribution is -2.34. The molecule has 9 heteroatoms. The molecule has 0 radical (unpaired) electrons. The van der Waals surface area contributed by atoms with Gasteiger partial charge in [0.15, 0.2) is 17.3 Å². The Labute approximate surface area is 257 Å². The number of ketones is 1. The highest BCUT2D eigenvalue weighted by Gasteiger charge is 2.35. The van der Waals surface area contributed by atoms with Crippen molar-refractivity contribution in [3.63, 3.8) is 0 Å². The van der Waals surface area contributed by atoms with E-state index in [1.165, 1.54) is 16.7 Å². The molecular weight excluding hydrogens is 566 g/mol. The van der Waals surface area contributed by atoms with E-state index in [0.717, 1.165) is 44.0 Å². The van der Waals surface area contributed by atoms with Crippen LogP contribution in [0.5, 0.6) is 17.2 Å². The maximum Gasteiger partial charge on any atom is 0.237 e. The number of para-hydroxylation sites is 1. The molecule has 0 fully saturated rings. The highest BCUT2D eigenvalue weighted by atomic mass is 35.5. The average molecular weight is 600 g/mol. The average Bonchev–Trinajstić information content (AvgIpc) is 3.03. The number of Topliss-reactive ketones (excluding diaryl/α,β-unsaturated/α-hetero) is 1. The first-order valence-corrected chi connectivity index (χ1v) is 14.0. The molecule has 2 heterocycles. The number of methoxy groups -OCH3 is 3. The van der Waals surface area contributed by atoms with Gasteiger partial charge in [-0.1, -0.05) is 30.4 Å². The second-order valence-corrected chi connectivity index (χ2v) is 10.6. The number of carbonyl (C=O) groups is 2. The van der Waals surface area contributed by atoms with Crippen molar-refractivity contribution in [2.45, 2.75) is 19.4 Å². The van der Waals surface area contributed by atoms with Gasteiger partial charge in [-0.25, -0.2) is 4.99 Å². The number of carbonyl (C=O) groups excluding carboxylic acids is 2. The number of aliphatic imine (C=N–C) groups is 1. The summed E-state index contributed by atoms with van der Waals surface area (Å²) in [6, 6.07) is 17.4. The summed E-state index contributed by atoms with van der Waals surface area (Å²) >= 11 is 0. The Morgan fingerprint density at radius 3 is 2.42 bits per heavy atom. The monoisotopic (exact) mass is 599 g/mol. The molecule has 2 aliphatic heterocycles. The fourth-order valence-corrected chi connectivity index (χ4v) is 5.79. The van der Waals surface area contributed by atoms with Gasteiger partial charge in [-0.15, -0.1) is 12.4 Å². The van der Waals surface area contributed by atoms with Gasteiger partial charge in [-0.3, -0.25) is 14.5 Å². The number of hydrogen-bond acceptors (Lipinski definition) is 7. The predicted octanol–water partition coefficient (Wildman–Crippen LogP) is 5.75. The van der Waals surface area contributed by atoms with Gasteiger partial charge in [-0.05, 0) is 72.0 Å². The van der Waals surface area contributed by atoms with Gasteiger partial charge in [0.1, 0.15) is 11.4 Å². The fourth-order valence-electron chi connectivity index (χ4n) is 5.79. The van der Waals surface area contributed by atoms with E-state index in [9.17, 15) is 9.59 Å². The zero-order valence-electron chi connectivity index (χ0n) is 24.4. The summed E-state index contributed by atoms with van der Waals surface area (Å²) in [6.45, 7) is 2.79. The number of ether oxygens (including phenoxy) is 3. The number of benzene rings is 3. The first-order chi connectivity index (χ1) is 20.5. The van der Waals surface area contributed by atoms with Crippen LogP contribution in [0.25, 0.3) is 0 Å². The largest absolute Gasteiger partial charge is 0.494 e. The Bertz CT molecular complexity index is 1640. The van der Waals surface area contributed by atoms with E-state index in [0.29, 0.717) is 34.0 Å². The predicted molar refractivity (Wildman–Crippen MR) is 170 cm³/mol. The van der Waals surface area contributed by atoms with Crippen molar-refractivity contribution in [1.82, 2.24) is 4.90 Å². The zero-order chi connectivity index (χ0) is 29.2. The molecule has 0 spiro atoms. The van der Waals surface area contributed by atoms with Crippen LogP contribution in [-0.4, -0.2) is 56.7 Å². The molecule has 1 N–H and O–H groups in total. The second kappa shape index (κ2) is 12.9. The molecular formula is C34H34ClN3O5. The van der Waals surface area contributed by atoms with Gasteiger partial charge in [0.25, 0.3) is 0 Å². The highest BCUT2D eigenvalue weighted by molar-refractivity contribution is 6.37. The molecule has 1 aliphatic carbocycles. The minimum absolute atomic E-state index is 0. The lowest BCUT2D eigenvalue weighted by atomic mass is 9.84. The summed E-state index contributed by atoms with van der Waals surface area (Å²) < 4.78 is 16.4. The molecule has 222 valence electrons. The number of amides is 1. The van der Waals surface area contributed by atoms with E-state index in [2.05, 4.69) is 22.3 Å². The van der Waals surface area contributed by atoms with Gasteiger partial charge in [0.2, 0.25) is 5.91 Å². The van der Waals surface area contributed by atoms with Gasteiger partial charge in [0.05, 0.1) is 38.5 Å². The molecule has 0 aromatic heterocycles. The first kappa shape index (κ1) is 30.1. The Kier molecular flexibility index (Phi) is 8.99. The molecule has 3 aromatic rings. The SMILES string of the molecule is COc1cc2c(cc1OC)CN(CCc1ccc(NC(=O)C3C=CC=C4C(=O)c5cccc(OC)c5N=C43)cc1)CC2.Cl. The van der Waals surface area contributed by atoms with Gasteiger partial charge in [-0.2, -0.15) is 0 Å². The van der Waals surface area contributed by atoms with E-state index in [-0.39, 0.29) is 24.1 Å². The van der Waals surface area contributed by atoms with Crippen molar-refractivity contribution < 1.29 is 23.8 Å². The van der Waals surface area contributed by atoms with Gasteiger partial charge < -0.3 is 19.5 Å². The number of hydrogen-bond donors (Lipinski definition) is 1. The van der Waals surface area contributed by atoms with E-state index < -0.39 is 5.92 Å². The third kappa shape index (κ3) is 5.94. The Morgan fingerprint density at radius 1 is 0.977 bits per heavy atom. The minimum atomic E-state index is -0.688. The molecule has 3 aromatic carbocycles. The van der Waals surface area contributed by atoms with Crippen molar-refractivity contribution >= 4 is 41.2 Å². The van der Waals surface area contributed by atoms with Gasteiger partial charge >= 0.3 is 0 Å². The van der Waals surface area contributed by atoms with Crippen LogP contribution in [0.1, 0.15) is 27.0 Å². The standard InChI is InChI=1S/C34H33N3O5.ClH/c1-40-28-9-5-7-26-32(28)36-31-25(33(26)38)6-4-8-27(31)34(39)35-24-12-10-21(11-13-24)14-16-37-17-15-22-18-29(41-2)30(42-3)19-23(22)20-37;/h4-13,18-19,27H,14-17,20H2,1-3H3,(H,35,39);1H.